The molecule has 1 atom stereocenters. The van der Waals surface area contributed by atoms with Crippen LogP contribution in [0.3, 0.4) is 0 Å². The third kappa shape index (κ3) is 12.8. The number of aromatic nitrogens is 1. The first-order valence-corrected chi connectivity index (χ1v) is 22.0. The van der Waals surface area contributed by atoms with Gasteiger partial charge >= 0.3 is 23.8 Å². The van der Waals surface area contributed by atoms with E-state index in [1.54, 1.807) is 22.9 Å². The van der Waals surface area contributed by atoms with Crippen LogP contribution in [-0.4, -0.2) is 170 Å². The third-order valence-corrected chi connectivity index (χ3v) is 12.4. The van der Waals surface area contributed by atoms with Crippen LogP contribution < -0.4 is 11.1 Å². The quantitative estimate of drug-likeness (QED) is 0.212. The highest BCUT2D eigenvalue weighted by Gasteiger charge is 2.35. The number of piperazine rings is 1. The summed E-state index contributed by atoms with van der Waals surface area (Å²) in [7, 11) is 7.81. The SMILES string of the molecule is C.CN(C)CCCOC(=O)CN1CCN(C)CC1.Cc1cc(C[C@@H](OC(=O)N2CCC(N3CCc4ccccc4NC3=O)CC2)C(=O)N2CCC(C)CC2)cc2oc(=O)n(C)c12. The van der Waals surface area contributed by atoms with Crippen molar-refractivity contribution in [2.75, 3.05) is 105 Å². The standard InChI is InChI=1S/C33H41N5O6.C12H25N3O2.CH4/c1-21-8-13-36(14-9-21)30(39)28(20-23-18-22(2)29-27(19-23)43-32(41)35(29)3)44-33(42)37-15-11-25(12-16-37)38-17-10-24-6-4-5-7-26(24)34-31(38)40;1-13(2)5-4-10-17-12(16)11-15-8-6-14(3)7-9-15;/h4-7,18-19,21,25,28H,8-17,20H2,1-3H3,(H,34,40);4-11H2,1-3H3;1H4/t28-;;/m1../s1. The maximum atomic E-state index is 13.8. The molecule has 4 aliphatic rings. The molecule has 342 valence electrons. The second-order valence-electron chi connectivity index (χ2n) is 17.5. The van der Waals surface area contributed by atoms with Gasteiger partial charge in [-0.05, 0) is 101 Å². The number of nitrogens with zero attached hydrogens (tertiary/aromatic N) is 7. The zero-order valence-corrected chi connectivity index (χ0v) is 37.0. The molecule has 62 heavy (non-hydrogen) atoms. The van der Waals surface area contributed by atoms with Crippen molar-refractivity contribution in [3.8, 4) is 0 Å². The van der Waals surface area contributed by atoms with Crippen LogP contribution in [0.1, 0.15) is 63.1 Å². The van der Waals surface area contributed by atoms with Crippen LogP contribution in [0.4, 0.5) is 15.3 Å². The molecule has 0 spiro atoms. The number of oxazole rings is 1. The Kier molecular flexibility index (Phi) is 17.4. The lowest BCUT2D eigenvalue weighted by Gasteiger charge is -2.38. The van der Waals surface area contributed by atoms with Gasteiger partial charge in [0.05, 0.1) is 18.7 Å². The number of likely N-dealkylation sites (N-methyl/N-ethyl adjacent to an activating group) is 1. The predicted molar refractivity (Wildman–Crippen MR) is 240 cm³/mol. The lowest BCUT2D eigenvalue weighted by Crippen LogP contribution is -2.51. The van der Waals surface area contributed by atoms with Crippen molar-refractivity contribution >= 4 is 40.8 Å². The van der Waals surface area contributed by atoms with Crippen LogP contribution in [0, 0.1) is 12.8 Å². The van der Waals surface area contributed by atoms with Crippen LogP contribution in [0.25, 0.3) is 11.1 Å². The van der Waals surface area contributed by atoms with E-state index in [4.69, 9.17) is 13.9 Å². The van der Waals surface area contributed by atoms with E-state index in [9.17, 15) is 24.0 Å². The van der Waals surface area contributed by atoms with Crippen molar-refractivity contribution in [1.82, 2.24) is 34.0 Å². The number of piperidine rings is 2. The number of ether oxygens (including phenoxy) is 2. The number of hydrogen-bond donors (Lipinski definition) is 1. The number of carbonyl (C=O) groups is 4. The van der Waals surface area contributed by atoms with Gasteiger partial charge in [-0.15, -0.1) is 0 Å². The van der Waals surface area contributed by atoms with Crippen molar-refractivity contribution in [2.45, 2.75) is 78.4 Å². The largest absolute Gasteiger partial charge is 0.465 e. The molecule has 3 fully saturated rings. The van der Waals surface area contributed by atoms with Crippen molar-refractivity contribution in [2.24, 2.45) is 13.0 Å². The summed E-state index contributed by atoms with van der Waals surface area (Å²) in [6, 6.07) is 11.4. The maximum Gasteiger partial charge on any atom is 0.419 e. The summed E-state index contributed by atoms with van der Waals surface area (Å²) in [6.07, 6.45) is 3.41. The molecule has 16 nitrogen and oxygen atoms in total. The molecule has 0 bridgehead atoms. The lowest BCUT2D eigenvalue weighted by molar-refractivity contribution is -0.145. The Labute approximate surface area is 367 Å². The Bertz CT molecular complexity index is 2030. The van der Waals surface area contributed by atoms with Crippen LogP contribution >= 0.6 is 0 Å². The number of fused-ring (bicyclic) bond motifs is 2. The molecule has 1 N–H and O–H groups in total. The molecule has 3 saturated heterocycles. The van der Waals surface area contributed by atoms with E-state index in [0.29, 0.717) is 75.7 Å². The number of likely N-dealkylation sites (tertiary alicyclic amines) is 2. The molecule has 5 heterocycles. The maximum absolute atomic E-state index is 13.8. The minimum atomic E-state index is -1.00. The summed E-state index contributed by atoms with van der Waals surface area (Å²) < 4.78 is 18.1. The highest BCUT2D eigenvalue weighted by atomic mass is 16.6. The predicted octanol–water partition coefficient (Wildman–Crippen LogP) is 4.67. The summed E-state index contributed by atoms with van der Waals surface area (Å²) in [5.41, 5.74) is 4.72. The van der Waals surface area contributed by atoms with Crippen molar-refractivity contribution in [3.05, 3.63) is 63.6 Å². The van der Waals surface area contributed by atoms with Gasteiger partial charge in [0.2, 0.25) is 0 Å². The van der Waals surface area contributed by atoms with Crippen molar-refractivity contribution < 1.29 is 33.1 Å². The molecular weight excluding hydrogens is 793 g/mol. The summed E-state index contributed by atoms with van der Waals surface area (Å²) in [4.78, 5) is 75.8. The molecule has 2 aromatic carbocycles. The summed E-state index contributed by atoms with van der Waals surface area (Å²) in [5.74, 6) is -0.193. The fourth-order valence-corrected chi connectivity index (χ4v) is 8.62. The molecule has 0 aliphatic carbocycles. The van der Waals surface area contributed by atoms with E-state index in [2.05, 4.69) is 34.0 Å². The zero-order valence-electron chi connectivity index (χ0n) is 37.0. The first-order chi connectivity index (χ1) is 29.2. The van der Waals surface area contributed by atoms with Gasteiger partial charge in [-0.3, -0.25) is 19.1 Å². The number of urea groups is 1. The number of esters is 1. The number of rotatable bonds is 11. The number of carbonyl (C=O) groups excluding carboxylic acids is 4. The van der Waals surface area contributed by atoms with Gasteiger partial charge in [-0.25, -0.2) is 14.4 Å². The van der Waals surface area contributed by atoms with Gasteiger partial charge in [-0.1, -0.05) is 38.6 Å². The Morgan fingerprint density at radius 3 is 2.27 bits per heavy atom. The van der Waals surface area contributed by atoms with E-state index >= 15 is 0 Å². The fraction of sp³-hybridized carbons (Fsp3) is 0.630. The molecule has 4 aliphatic heterocycles. The number of para-hydroxylation sites is 1. The Morgan fingerprint density at radius 2 is 1.58 bits per heavy atom. The second kappa shape index (κ2) is 22.4. The van der Waals surface area contributed by atoms with E-state index in [1.807, 2.05) is 56.3 Å². The van der Waals surface area contributed by atoms with E-state index in [1.165, 1.54) is 4.57 Å². The van der Waals surface area contributed by atoms with Gasteiger partial charge in [0.15, 0.2) is 11.7 Å². The smallest absolute Gasteiger partial charge is 0.419 e. The molecule has 16 heteroatoms. The van der Waals surface area contributed by atoms with Crippen LogP contribution in [0.5, 0.6) is 0 Å². The normalized spacial score (nSPS) is 18.6. The van der Waals surface area contributed by atoms with Crippen LogP contribution in [0.15, 0.2) is 45.6 Å². The van der Waals surface area contributed by atoms with Crippen molar-refractivity contribution in [3.63, 3.8) is 0 Å². The molecule has 0 radical (unpaired) electrons. The number of amides is 4. The number of anilines is 1. The monoisotopic (exact) mass is 863 g/mol. The lowest BCUT2D eigenvalue weighted by atomic mass is 9.98. The third-order valence-electron chi connectivity index (χ3n) is 12.4. The number of benzene rings is 2. The van der Waals surface area contributed by atoms with Gasteiger partial charge in [0.1, 0.15) is 0 Å². The van der Waals surface area contributed by atoms with E-state index in [-0.39, 0.29) is 37.8 Å². The molecule has 3 aromatic rings. The van der Waals surface area contributed by atoms with Gasteiger partial charge in [0, 0.05) is 90.6 Å². The van der Waals surface area contributed by atoms with Gasteiger partial charge < -0.3 is 43.7 Å². The zero-order chi connectivity index (χ0) is 43.6. The first-order valence-electron chi connectivity index (χ1n) is 22.0. The van der Waals surface area contributed by atoms with Gasteiger partial charge in [-0.2, -0.15) is 0 Å². The highest BCUT2D eigenvalue weighted by Crippen LogP contribution is 2.27. The molecule has 7 rings (SSSR count). The average Bonchev–Trinajstić information content (AvgIpc) is 3.41. The number of hydrogen-bond acceptors (Lipinski definition) is 11. The van der Waals surface area contributed by atoms with Crippen molar-refractivity contribution in [1.29, 1.82) is 0 Å². The van der Waals surface area contributed by atoms with Crippen LogP contribution in [0.2, 0.25) is 0 Å². The minimum Gasteiger partial charge on any atom is -0.465 e. The number of nitrogens with one attached hydrogen (secondary N) is 1. The Hall–Kier alpha value is -4.93. The number of aryl methyl sites for hydroxylation is 2. The van der Waals surface area contributed by atoms with Crippen LogP contribution in [-0.2, 0) is 39.0 Å². The molecule has 0 saturated carbocycles. The molecule has 1 aromatic heterocycles. The Morgan fingerprint density at radius 1 is 0.903 bits per heavy atom. The summed E-state index contributed by atoms with van der Waals surface area (Å²) in [5, 5.41) is 3.03. The molecule has 4 amide bonds. The molecular formula is C46H70N8O8. The molecule has 0 unspecified atom stereocenters. The Balaban J connectivity index is 0.000000341. The second-order valence-corrected chi connectivity index (χ2v) is 17.5. The van der Waals surface area contributed by atoms with Gasteiger partial charge in [0.25, 0.3) is 5.91 Å². The fourth-order valence-electron chi connectivity index (χ4n) is 8.62. The summed E-state index contributed by atoms with van der Waals surface area (Å²) >= 11 is 0. The minimum absolute atomic E-state index is 0. The highest BCUT2D eigenvalue weighted by molar-refractivity contribution is 5.91. The topological polar surface area (TPSA) is 153 Å². The van der Waals surface area contributed by atoms with E-state index in [0.717, 1.165) is 80.8 Å². The van der Waals surface area contributed by atoms with E-state index < -0.39 is 18.0 Å². The summed E-state index contributed by atoms with van der Waals surface area (Å²) in [6.45, 7) is 12.8. The average molecular weight is 863 g/mol. The first kappa shape index (κ1) is 48.1.